The molecule has 0 unspecified atom stereocenters. The molecule has 0 aliphatic heterocycles. The lowest BCUT2D eigenvalue weighted by molar-refractivity contribution is -0.137. The van der Waals surface area contributed by atoms with E-state index in [0.717, 1.165) is 17.0 Å². The first kappa shape index (κ1) is 16.2. The number of nitrogens with one attached hydrogen (secondary N) is 1. The van der Waals surface area contributed by atoms with Crippen molar-refractivity contribution in [3.05, 3.63) is 53.2 Å². The van der Waals surface area contributed by atoms with Gasteiger partial charge in [-0.25, -0.2) is 0 Å². The summed E-state index contributed by atoms with van der Waals surface area (Å²) in [6.07, 6.45) is -4.58. The third-order valence-electron chi connectivity index (χ3n) is 3.01. The van der Waals surface area contributed by atoms with Crippen molar-refractivity contribution in [2.24, 2.45) is 0 Å². The van der Waals surface area contributed by atoms with Crippen molar-refractivity contribution in [3.63, 3.8) is 0 Å². The summed E-state index contributed by atoms with van der Waals surface area (Å²) >= 11 is 1.43. The fourth-order valence-corrected chi connectivity index (χ4v) is 2.55. The lowest BCUT2D eigenvalue weighted by Crippen LogP contribution is -2.15. The summed E-state index contributed by atoms with van der Waals surface area (Å²) < 4.78 is 42.8. The first-order chi connectivity index (χ1) is 11.4. The molecule has 0 spiro atoms. The Hall–Kier alpha value is -2.68. The first-order valence-electron chi connectivity index (χ1n) is 6.75. The van der Waals surface area contributed by atoms with Gasteiger partial charge in [0, 0.05) is 5.69 Å². The van der Waals surface area contributed by atoms with Gasteiger partial charge in [-0.1, -0.05) is 6.07 Å². The van der Waals surface area contributed by atoms with Gasteiger partial charge in [0.05, 0.1) is 10.4 Å². The van der Waals surface area contributed by atoms with Crippen molar-refractivity contribution < 1.29 is 22.4 Å². The first-order valence-corrected chi connectivity index (χ1v) is 7.63. The molecule has 0 fully saturated rings. The van der Waals surface area contributed by atoms with Gasteiger partial charge in [0.1, 0.15) is 6.42 Å². The molecular formula is C15H10F3N3O2S. The van der Waals surface area contributed by atoms with Crippen molar-refractivity contribution in [3.8, 4) is 10.8 Å². The second-order valence-electron chi connectivity index (χ2n) is 4.78. The number of benzene rings is 1. The van der Waals surface area contributed by atoms with Crippen LogP contribution in [-0.4, -0.2) is 16.1 Å². The number of carbonyl (C=O) groups is 1. The molecule has 0 saturated heterocycles. The highest BCUT2D eigenvalue weighted by molar-refractivity contribution is 7.13. The van der Waals surface area contributed by atoms with Gasteiger partial charge in [-0.3, -0.25) is 4.79 Å². The minimum atomic E-state index is -4.41. The summed E-state index contributed by atoms with van der Waals surface area (Å²) in [5.41, 5.74) is -0.524. The monoisotopic (exact) mass is 353 g/mol. The molecule has 5 nitrogen and oxygen atoms in total. The number of rotatable bonds is 4. The third-order valence-corrected chi connectivity index (χ3v) is 3.86. The highest BCUT2D eigenvalue weighted by Crippen LogP contribution is 2.29. The Morgan fingerprint density at radius 1 is 1.17 bits per heavy atom. The molecule has 0 atom stereocenters. The number of nitrogens with zero attached hydrogens (tertiary/aromatic N) is 2. The van der Waals surface area contributed by atoms with Crippen LogP contribution >= 0.6 is 11.3 Å². The Labute approximate surface area is 138 Å². The zero-order chi connectivity index (χ0) is 17.2. The van der Waals surface area contributed by atoms with Crippen molar-refractivity contribution >= 4 is 22.9 Å². The Balaban J connectivity index is 1.62. The minimum Gasteiger partial charge on any atom is -0.419 e. The molecule has 0 bridgehead atoms. The van der Waals surface area contributed by atoms with E-state index in [2.05, 4.69) is 15.5 Å². The normalized spacial score (nSPS) is 11.5. The summed E-state index contributed by atoms with van der Waals surface area (Å²) in [6.45, 7) is 0. The van der Waals surface area contributed by atoms with Crippen LogP contribution in [0, 0.1) is 0 Å². The molecular weight excluding hydrogens is 343 g/mol. The van der Waals surface area contributed by atoms with Crippen molar-refractivity contribution in [2.75, 3.05) is 5.32 Å². The number of aromatic nitrogens is 2. The zero-order valence-electron chi connectivity index (χ0n) is 12.0. The second kappa shape index (κ2) is 6.44. The highest BCUT2D eigenvalue weighted by atomic mass is 32.1. The summed E-state index contributed by atoms with van der Waals surface area (Å²) in [4.78, 5) is 12.7. The Morgan fingerprint density at radius 2 is 1.92 bits per heavy atom. The topological polar surface area (TPSA) is 68.0 Å². The molecule has 0 radical (unpaired) electrons. The number of thiophene rings is 1. The lowest BCUT2D eigenvalue weighted by Gasteiger charge is -2.08. The highest BCUT2D eigenvalue weighted by Gasteiger charge is 2.30. The summed E-state index contributed by atoms with van der Waals surface area (Å²) in [5.74, 6) is -0.0127. The van der Waals surface area contributed by atoms with Gasteiger partial charge in [-0.05, 0) is 35.7 Å². The predicted molar refractivity (Wildman–Crippen MR) is 81.4 cm³/mol. The van der Waals surface area contributed by atoms with Gasteiger partial charge >= 0.3 is 6.18 Å². The summed E-state index contributed by atoms with van der Waals surface area (Å²) in [6, 6.07) is 7.82. The van der Waals surface area contributed by atoms with Gasteiger partial charge in [0.25, 0.3) is 5.89 Å². The van der Waals surface area contributed by atoms with E-state index in [1.165, 1.54) is 23.5 Å². The van der Waals surface area contributed by atoms with E-state index in [4.69, 9.17) is 4.42 Å². The number of amides is 1. The van der Waals surface area contributed by atoms with Gasteiger partial charge in [-0.15, -0.1) is 21.5 Å². The van der Waals surface area contributed by atoms with E-state index in [-0.39, 0.29) is 18.0 Å². The number of halogens is 3. The van der Waals surface area contributed by atoms with E-state index in [9.17, 15) is 18.0 Å². The number of alkyl halides is 3. The van der Waals surface area contributed by atoms with Crippen molar-refractivity contribution in [1.29, 1.82) is 0 Å². The molecule has 3 aromatic rings. The molecule has 24 heavy (non-hydrogen) atoms. The lowest BCUT2D eigenvalue weighted by atomic mass is 10.2. The molecule has 3 rings (SSSR count). The van der Waals surface area contributed by atoms with E-state index < -0.39 is 17.6 Å². The minimum absolute atomic E-state index is 0.128. The van der Waals surface area contributed by atoms with Crippen LogP contribution in [0.5, 0.6) is 0 Å². The van der Waals surface area contributed by atoms with Crippen molar-refractivity contribution in [2.45, 2.75) is 12.6 Å². The van der Waals surface area contributed by atoms with Gasteiger partial charge in [0.2, 0.25) is 11.8 Å². The maximum absolute atomic E-state index is 12.5. The fourth-order valence-electron chi connectivity index (χ4n) is 1.91. The number of anilines is 1. The number of carbonyl (C=O) groups excluding carboxylic acids is 1. The molecule has 1 aromatic carbocycles. The molecule has 0 aliphatic carbocycles. The van der Waals surface area contributed by atoms with E-state index in [1.54, 1.807) is 0 Å². The van der Waals surface area contributed by atoms with Crippen LogP contribution in [-0.2, 0) is 17.4 Å². The number of hydrogen-bond donors (Lipinski definition) is 1. The largest absolute Gasteiger partial charge is 0.419 e. The third kappa shape index (κ3) is 3.80. The quantitative estimate of drug-likeness (QED) is 0.770. The fraction of sp³-hybridized carbons (Fsp3) is 0.133. The van der Waals surface area contributed by atoms with Crippen LogP contribution in [0.4, 0.5) is 18.9 Å². The van der Waals surface area contributed by atoms with Gasteiger partial charge < -0.3 is 9.73 Å². The molecule has 1 amide bonds. The second-order valence-corrected chi connectivity index (χ2v) is 5.73. The molecule has 9 heteroatoms. The predicted octanol–water partition coefficient (Wildman–Crippen LogP) is 4.00. The average Bonchev–Trinajstić information content (AvgIpc) is 3.17. The average molecular weight is 353 g/mol. The molecule has 0 aliphatic rings. The Kier molecular flexibility index (Phi) is 4.34. The molecule has 1 N–H and O–H groups in total. The van der Waals surface area contributed by atoms with Crippen LogP contribution in [0.3, 0.4) is 0 Å². The van der Waals surface area contributed by atoms with E-state index in [0.29, 0.717) is 5.89 Å². The smallest absolute Gasteiger partial charge is 0.416 e. The number of hydrogen-bond acceptors (Lipinski definition) is 5. The molecule has 0 saturated carbocycles. The summed E-state index contributed by atoms with van der Waals surface area (Å²) in [5, 5.41) is 12.0. The van der Waals surface area contributed by atoms with Crippen LogP contribution in [0.25, 0.3) is 10.8 Å². The Morgan fingerprint density at radius 3 is 2.54 bits per heavy atom. The maximum atomic E-state index is 12.5. The molecule has 2 aromatic heterocycles. The van der Waals surface area contributed by atoms with Crippen LogP contribution in [0.2, 0.25) is 0 Å². The SMILES string of the molecule is O=C(Cc1nnc(-c2cccs2)o1)Nc1ccc(C(F)(F)F)cc1. The Bertz CT molecular complexity index is 827. The molecule has 124 valence electrons. The molecule has 2 heterocycles. The zero-order valence-corrected chi connectivity index (χ0v) is 12.8. The van der Waals surface area contributed by atoms with Gasteiger partial charge in [-0.2, -0.15) is 13.2 Å². The maximum Gasteiger partial charge on any atom is 0.416 e. The van der Waals surface area contributed by atoms with Crippen molar-refractivity contribution in [1.82, 2.24) is 10.2 Å². The standard InChI is InChI=1S/C15H10F3N3O2S/c16-15(17,18)9-3-5-10(6-4-9)19-12(22)8-13-20-21-14(23-13)11-2-1-7-24-11/h1-7H,8H2,(H,19,22). The van der Waals surface area contributed by atoms with Crippen LogP contribution < -0.4 is 5.32 Å². The summed E-state index contributed by atoms with van der Waals surface area (Å²) in [7, 11) is 0. The van der Waals surface area contributed by atoms with E-state index >= 15 is 0 Å². The van der Waals surface area contributed by atoms with Crippen LogP contribution in [0.1, 0.15) is 11.5 Å². The van der Waals surface area contributed by atoms with Crippen LogP contribution in [0.15, 0.2) is 46.2 Å². The van der Waals surface area contributed by atoms with E-state index in [1.807, 2.05) is 17.5 Å². The van der Waals surface area contributed by atoms with Gasteiger partial charge in [0.15, 0.2) is 0 Å².